The first-order valence-electron chi connectivity index (χ1n) is 2.98. The van der Waals surface area contributed by atoms with Crippen LogP contribution in [0.1, 0.15) is 6.42 Å². The molecule has 0 bridgehead atoms. The fourth-order valence-electron chi connectivity index (χ4n) is 0.915. The number of aldehydes is 1. The molecule has 0 saturated heterocycles. The van der Waals surface area contributed by atoms with Crippen molar-refractivity contribution in [2.75, 3.05) is 0 Å². The third-order valence-electron chi connectivity index (χ3n) is 1.71. The van der Waals surface area contributed by atoms with Crippen molar-refractivity contribution in [3.8, 4) is 0 Å². The Kier molecular flexibility index (Phi) is 2.50. The molecule has 0 N–H and O–H groups in total. The van der Waals surface area contributed by atoms with E-state index in [-0.39, 0.29) is 0 Å². The number of hydrogen-bond acceptors (Lipinski definition) is 1. The van der Waals surface area contributed by atoms with Crippen molar-refractivity contribution in [2.24, 2.45) is 11.8 Å². The first-order chi connectivity index (χ1) is 4.29. The molecule has 0 amide bonds. The van der Waals surface area contributed by atoms with Gasteiger partial charge in [0.05, 0.1) is 0 Å². The Morgan fingerprint density at radius 1 is 1.89 bits per heavy atom. The van der Waals surface area contributed by atoms with Gasteiger partial charge in [0.15, 0.2) is 0 Å². The van der Waals surface area contributed by atoms with Gasteiger partial charge in [0.1, 0.15) is 0 Å². The maximum absolute atomic E-state index is 10.2. The van der Waals surface area contributed by atoms with Gasteiger partial charge in [-0.1, -0.05) is 0 Å². The van der Waals surface area contributed by atoms with Gasteiger partial charge in [0, 0.05) is 0 Å². The third-order valence-corrected chi connectivity index (χ3v) is 5.16. The number of carbonyl (C=O) groups is 1. The molecule has 0 aromatic carbocycles. The molecule has 0 aromatic rings. The van der Waals surface area contributed by atoms with Crippen molar-refractivity contribution in [1.82, 2.24) is 0 Å². The van der Waals surface area contributed by atoms with Gasteiger partial charge in [0.25, 0.3) is 0 Å². The van der Waals surface area contributed by atoms with Crippen LogP contribution in [0.4, 0.5) is 0 Å². The summed E-state index contributed by atoms with van der Waals surface area (Å²) in [6.45, 7) is 0. The van der Waals surface area contributed by atoms with Gasteiger partial charge < -0.3 is 0 Å². The van der Waals surface area contributed by atoms with Crippen LogP contribution in [0.3, 0.4) is 0 Å². The number of rotatable bonds is 3. The van der Waals surface area contributed by atoms with E-state index in [0.29, 0.717) is 31.2 Å². The van der Waals surface area contributed by atoms with Crippen molar-refractivity contribution in [3.05, 3.63) is 0 Å². The molecule has 1 saturated carbocycles. The molecule has 3 heteroatoms. The number of hydrogen-bond donors (Lipinski definition) is 0. The van der Waals surface area contributed by atoms with Gasteiger partial charge in [-0.3, -0.25) is 0 Å². The Labute approximate surface area is 65.2 Å². The summed E-state index contributed by atoms with van der Waals surface area (Å²) in [4.78, 5) is 10.2. The quantitative estimate of drug-likeness (QED) is 0.483. The molecule has 49 valence electrons. The molecule has 1 rings (SSSR count). The fourth-order valence-corrected chi connectivity index (χ4v) is 2.69. The Bertz CT molecular complexity index is 118. The van der Waals surface area contributed by atoms with Crippen molar-refractivity contribution >= 4 is 31.5 Å². The summed E-state index contributed by atoms with van der Waals surface area (Å²) < 4.78 is 0.632. The van der Waals surface area contributed by atoms with Crippen LogP contribution in [0.5, 0.6) is 0 Å². The standard InChI is InChI=1S/C6H9OSeSi/c1-8-6(9)5-2-4(5)3-7/h3-6H,2H2,1H3/t4-,5-,6-/m1/s1. The summed E-state index contributed by atoms with van der Waals surface area (Å²) in [6.07, 6.45) is 2.21. The molecule has 1 nitrogen and oxygen atoms in total. The van der Waals surface area contributed by atoms with Gasteiger partial charge in [-0.15, -0.1) is 0 Å². The summed E-state index contributed by atoms with van der Waals surface area (Å²) in [5.41, 5.74) is 0. The molecule has 0 unspecified atom stereocenters. The summed E-state index contributed by atoms with van der Waals surface area (Å²) in [6, 6.07) is 0. The number of carbonyl (C=O) groups excluding carboxylic acids is 1. The second-order valence-corrected chi connectivity index (χ2v) is 5.97. The van der Waals surface area contributed by atoms with E-state index in [2.05, 4.69) is 16.1 Å². The van der Waals surface area contributed by atoms with E-state index in [4.69, 9.17) is 0 Å². The third kappa shape index (κ3) is 1.66. The molecule has 1 aliphatic rings. The minimum absolute atomic E-state index is 0.384. The molecule has 0 aromatic heterocycles. The first kappa shape index (κ1) is 7.51. The molecule has 3 atom stereocenters. The van der Waals surface area contributed by atoms with Gasteiger partial charge in [-0.25, -0.2) is 0 Å². The van der Waals surface area contributed by atoms with Crippen molar-refractivity contribution in [2.45, 2.75) is 16.7 Å². The zero-order valence-corrected chi connectivity index (χ0v) is 8.05. The normalized spacial score (nSPS) is 35.8. The van der Waals surface area contributed by atoms with E-state index in [1.807, 2.05) is 0 Å². The predicted molar refractivity (Wildman–Crippen MR) is 38.8 cm³/mol. The molecule has 0 spiro atoms. The van der Waals surface area contributed by atoms with Gasteiger partial charge >= 0.3 is 64.8 Å². The summed E-state index contributed by atoms with van der Waals surface area (Å²) in [5, 5.41) is 0. The zero-order chi connectivity index (χ0) is 6.85. The first-order valence-corrected chi connectivity index (χ1v) is 6.26. The molecule has 0 heterocycles. The van der Waals surface area contributed by atoms with E-state index in [1.54, 1.807) is 0 Å². The zero-order valence-electron chi connectivity index (χ0n) is 5.33. The summed E-state index contributed by atoms with van der Waals surface area (Å²) >= 11 is 0.652. The van der Waals surface area contributed by atoms with Crippen LogP contribution in [-0.4, -0.2) is 31.5 Å². The van der Waals surface area contributed by atoms with Crippen molar-refractivity contribution in [3.63, 3.8) is 0 Å². The fraction of sp³-hybridized carbons (Fsp3) is 0.833. The van der Waals surface area contributed by atoms with Crippen LogP contribution >= 0.6 is 0 Å². The molecular weight excluding hydrogens is 195 g/mol. The van der Waals surface area contributed by atoms with E-state index in [1.165, 1.54) is 0 Å². The van der Waals surface area contributed by atoms with E-state index in [0.717, 1.165) is 12.7 Å². The van der Waals surface area contributed by atoms with E-state index < -0.39 is 0 Å². The Morgan fingerprint density at radius 2 is 2.56 bits per heavy atom. The average molecular weight is 204 g/mol. The van der Waals surface area contributed by atoms with Crippen LogP contribution in [-0.2, 0) is 4.79 Å². The molecule has 9 heavy (non-hydrogen) atoms. The van der Waals surface area contributed by atoms with Crippen LogP contribution in [0.2, 0.25) is 10.3 Å². The van der Waals surface area contributed by atoms with Crippen LogP contribution in [0, 0.1) is 11.8 Å². The minimum atomic E-state index is 0.384. The average Bonchev–Trinajstić information content (AvgIpc) is 2.64. The summed E-state index contributed by atoms with van der Waals surface area (Å²) in [7, 11) is 3.60. The van der Waals surface area contributed by atoms with Gasteiger partial charge in [0.2, 0.25) is 0 Å². The molecule has 0 aliphatic heterocycles. The van der Waals surface area contributed by atoms with Gasteiger partial charge in [-0.05, 0) is 0 Å². The monoisotopic (exact) mass is 205 g/mol. The molecule has 1 fully saturated rings. The Balaban J connectivity index is 2.24. The topological polar surface area (TPSA) is 17.1 Å². The van der Waals surface area contributed by atoms with Gasteiger partial charge in [-0.2, -0.15) is 0 Å². The van der Waals surface area contributed by atoms with E-state index >= 15 is 0 Å². The molecule has 1 aliphatic carbocycles. The van der Waals surface area contributed by atoms with E-state index in [9.17, 15) is 4.79 Å². The maximum atomic E-state index is 10.2. The Morgan fingerprint density at radius 3 is 2.89 bits per heavy atom. The summed E-state index contributed by atoms with van der Waals surface area (Å²) in [5.74, 6) is 3.25. The van der Waals surface area contributed by atoms with Crippen LogP contribution in [0.15, 0.2) is 0 Å². The molecular formula is C6H9OSeSi. The van der Waals surface area contributed by atoms with Crippen molar-refractivity contribution in [1.29, 1.82) is 0 Å². The second-order valence-electron chi connectivity index (χ2n) is 2.36. The SMILES string of the molecule is C[Se][C@H]([Si])[C@@H]1C[C@@H]1C=O. The second kappa shape index (κ2) is 3.00. The van der Waals surface area contributed by atoms with Crippen LogP contribution < -0.4 is 0 Å². The van der Waals surface area contributed by atoms with Crippen LogP contribution in [0.25, 0.3) is 0 Å². The van der Waals surface area contributed by atoms with Crippen molar-refractivity contribution < 1.29 is 4.79 Å². The Hall–Kier alpha value is 0.406. The molecule has 3 radical (unpaired) electrons. The predicted octanol–water partition coefficient (Wildman–Crippen LogP) is 0.488.